The number of carbonyl (C=O) groups excluding carboxylic acids is 1. The Balaban J connectivity index is 1.71. The van der Waals surface area contributed by atoms with E-state index in [0.29, 0.717) is 30.5 Å². The standard InChI is InChI=1S/C24H29ClFN3O2/c1-17-12-28(16-31-24-10-7-21(25)11-20(24)14-27(3)4)18(2)23(15-30)29(17)13-19-5-8-22(26)9-6-19/h5-11,17-18H,12-14,16H2,1-4H3/t17-,18+/m0/s1. The van der Waals surface area contributed by atoms with Crippen molar-refractivity contribution in [1.82, 2.24) is 14.7 Å². The van der Waals surface area contributed by atoms with Gasteiger partial charge >= 0.3 is 0 Å². The third-order valence-electron chi connectivity index (χ3n) is 5.55. The maximum Gasteiger partial charge on any atom is 0.147 e. The molecule has 2 atom stereocenters. The SMILES string of the molecule is C[C@@H]1C(=C=O)N(Cc2ccc(F)cc2)[C@@H](C)CN1COc1ccc(Cl)cc1CN(C)C. The Morgan fingerprint density at radius 2 is 1.90 bits per heavy atom. The number of nitrogens with zero attached hydrogens (tertiary/aromatic N) is 3. The lowest BCUT2D eigenvalue weighted by Gasteiger charge is -2.45. The summed E-state index contributed by atoms with van der Waals surface area (Å²) in [6.45, 7) is 6.38. The second-order valence-electron chi connectivity index (χ2n) is 8.30. The fourth-order valence-corrected chi connectivity index (χ4v) is 4.08. The molecule has 2 aromatic carbocycles. The Bertz CT molecular complexity index is 944. The van der Waals surface area contributed by atoms with Crippen molar-refractivity contribution in [2.45, 2.75) is 39.0 Å². The summed E-state index contributed by atoms with van der Waals surface area (Å²) in [5.74, 6) is 2.65. The fraction of sp³-hybridized carbons (Fsp3) is 0.417. The van der Waals surface area contributed by atoms with Crippen LogP contribution in [0.5, 0.6) is 5.75 Å². The molecule has 0 N–H and O–H groups in total. The molecule has 0 bridgehead atoms. The van der Waals surface area contributed by atoms with E-state index >= 15 is 0 Å². The van der Waals surface area contributed by atoms with Crippen LogP contribution >= 0.6 is 11.6 Å². The molecule has 3 rings (SSSR count). The summed E-state index contributed by atoms with van der Waals surface area (Å²) in [5.41, 5.74) is 2.54. The van der Waals surface area contributed by atoms with Crippen molar-refractivity contribution in [1.29, 1.82) is 0 Å². The van der Waals surface area contributed by atoms with E-state index in [1.54, 1.807) is 12.1 Å². The molecule has 2 aromatic rings. The average Bonchev–Trinajstić information content (AvgIpc) is 2.72. The number of hydrogen-bond acceptors (Lipinski definition) is 5. The molecule has 0 radical (unpaired) electrons. The van der Waals surface area contributed by atoms with Gasteiger partial charge in [0, 0.05) is 36.3 Å². The maximum absolute atomic E-state index is 13.2. The van der Waals surface area contributed by atoms with Crippen LogP contribution in [0.2, 0.25) is 5.02 Å². The van der Waals surface area contributed by atoms with Gasteiger partial charge in [-0.3, -0.25) is 4.90 Å². The van der Waals surface area contributed by atoms with Gasteiger partial charge in [0.2, 0.25) is 0 Å². The molecule has 1 heterocycles. The Kier molecular flexibility index (Phi) is 7.74. The molecule has 31 heavy (non-hydrogen) atoms. The summed E-state index contributed by atoms with van der Waals surface area (Å²) in [4.78, 5) is 18.1. The van der Waals surface area contributed by atoms with E-state index in [2.05, 4.69) is 22.7 Å². The number of ether oxygens (including phenoxy) is 1. The van der Waals surface area contributed by atoms with E-state index in [0.717, 1.165) is 23.4 Å². The molecule has 1 fully saturated rings. The molecule has 0 saturated carbocycles. The van der Waals surface area contributed by atoms with Gasteiger partial charge in [-0.2, -0.15) is 0 Å². The Morgan fingerprint density at radius 3 is 2.55 bits per heavy atom. The van der Waals surface area contributed by atoms with Crippen LogP contribution in [-0.4, -0.2) is 60.1 Å². The summed E-state index contributed by atoms with van der Waals surface area (Å²) in [5, 5.41) is 0.673. The lowest BCUT2D eigenvalue weighted by Crippen LogP contribution is -2.55. The first-order valence-corrected chi connectivity index (χ1v) is 10.7. The minimum absolute atomic E-state index is 0.0766. The number of halogens is 2. The number of hydrogen-bond donors (Lipinski definition) is 0. The predicted octanol–water partition coefficient (Wildman–Crippen LogP) is 4.19. The predicted molar refractivity (Wildman–Crippen MR) is 121 cm³/mol. The van der Waals surface area contributed by atoms with E-state index < -0.39 is 0 Å². The van der Waals surface area contributed by atoms with Crippen LogP contribution in [0.1, 0.15) is 25.0 Å². The lowest BCUT2D eigenvalue weighted by atomic mass is 10.0. The van der Waals surface area contributed by atoms with Gasteiger partial charge in [0.1, 0.15) is 29.9 Å². The summed E-state index contributed by atoms with van der Waals surface area (Å²) in [6, 6.07) is 11.9. The number of piperazine rings is 1. The molecule has 1 saturated heterocycles. The quantitative estimate of drug-likeness (QED) is 0.597. The molecule has 5 nitrogen and oxygen atoms in total. The van der Waals surface area contributed by atoms with Crippen molar-refractivity contribution in [3.05, 3.63) is 70.1 Å². The van der Waals surface area contributed by atoms with Gasteiger partial charge in [0.15, 0.2) is 0 Å². The van der Waals surface area contributed by atoms with E-state index in [1.165, 1.54) is 12.1 Å². The van der Waals surface area contributed by atoms with Gasteiger partial charge in [-0.15, -0.1) is 0 Å². The summed E-state index contributed by atoms with van der Waals surface area (Å²) >= 11 is 6.16. The lowest BCUT2D eigenvalue weighted by molar-refractivity contribution is 0.0280. The zero-order chi connectivity index (χ0) is 22.5. The number of rotatable bonds is 7. The largest absolute Gasteiger partial charge is 0.478 e. The van der Waals surface area contributed by atoms with Gasteiger partial charge < -0.3 is 14.5 Å². The Labute approximate surface area is 188 Å². The van der Waals surface area contributed by atoms with Crippen LogP contribution < -0.4 is 4.74 Å². The highest BCUT2D eigenvalue weighted by molar-refractivity contribution is 6.30. The van der Waals surface area contributed by atoms with E-state index in [4.69, 9.17) is 16.3 Å². The fourth-order valence-electron chi connectivity index (χ4n) is 3.89. The zero-order valence-corrected chi connectivity index (χ0v) is 19.2. The highest BCUT2D eigenvalue weighted by Gasteiger charge is 2.34. The zero-order valence-electron chi connectivity index (χ0n) is 18.4. The van der Waals surface area contributed by atoms with Gasteiger partial charge in [-0.05, 0) is 63.8 Å². The third kappa shape index (κ3) is 5.86. The molecule has 1 aliphatic heterocycles. The first-order valence-electron chi connectivity index (χ1n) is 10.3. The topological polar surface area (TPSA) is 36.0 Å². The van der Waals surface area contributed by atoms with Gasteiger partial charge in [0.25, 0.3) is 0 Å². The first-order chi connectivity index (χ1) is 14.8. The third-order valence-corrected chi connectivity index (χ3v) is 5.78. The van der Waals surface area contributed by atoms with Crippen molar-refractivity contribution in [2.75, 3.05) is 27.4 Å². The minimum atomic E-state index is -0.269. The monoisotopic (exact) mass is 445 g/mol. The van der Waals surface area contributed by atoms with Crippen LogP contribution in [0, 0.1) is 5.82 Å². The molecule has 0 spiro atoms. The molecule has 0 aliphatic carbocycles. The molecule has 7 heteroatoms. The average molecular weight is 446 g/mol. The van der Waals surface area contributed by atoms with Crippen LogP contribution in [0.25, 0.3) is 0 Å². The summed E-state index contributed by atoms with van der Waals surface area (Å²) < 4.78 is 19.4. The van der Waals surface area contributed by atoms with E-state index in [-0.39, 0.29) is 17.9 Å². The number of benzene rings is 2. The summed E-state index contributed by atoms with van der Waals surface area (Å²) in [7, 11) is 3.99. The maximum atomic E-state index is 13.2. The second kappa shape index (κ2) is 10.3. The first kappa shape index (κ1) is 23.3. The van der Waals surface area contributed by atoms with Gasteiger partial charge in [-0.25, -0.2) is 9.18 Å². The summed E-state index contributed by atoms with van der Waals surface area (Å²) in [6.07, 6.45) is 0. The van der Waals surface area contributed by atoms with Crippen LogP contribution in [-0.2, 0) is 17.9 Å². The highest BCUT2D eigenvalue weighted by atomic mass is 35.5. The van der Waals surface area contributed by atoms with Crippen LogP contribution in [0.4, 0.5) is 4.39 Å². The molecular weight excluding hydrogens is 417 g/mol. The minimum Gasteiger partial charge on any atom is -0.478 e. The normalized spacial score (nSPS) is 19.6. The second-order valence-corrected chi connectivity index (χ2v) is 8.74. The molecule has 1 aliphatic rings. The van der Waals surface area contributed by atoms with Crippen molar-refractivity contribution >= 4 is 17.5 Å². The van der Waals surface area contributed by atoms with E-state index in [9.17, 15) is 9.18 Å². The molecular formula is C24H29ClFN3O2. The smallest absolute Gasteiger partial charge is 0.147 e. The molecule has 0 unspecified atom stereocenters. The van der Waals surface area contributed by atoms with Crippen molar-refractivity contribution < 1.29 is 13.9 Å². The van der Waals surface area contributed by atoms with Gasteiger partial charge in [-0.1, -0.05) is 23.7 Å². The molecule has 166 valence electrons. The van der Waals surface area contributed by atoms with Crippen molar-refractivity contribution in [3.8, 4) is 5.75 Å². The van der Waals surface area contributed by atoms with Crippen LogP contribution in [0.3, 0.4) is 0 Å². The van der Waals surface area contributed by atoms with Crippen molar-refractivity contribution in [3.63, 3.8) is 0 Å². The Hall–Kier alpha value is -2.37. The Morgan fingerprint density at radius 1 is 1.19 bits per heavy atom. The van der Waals surface area contributed by atoms with E-state index in [1.807, 2.05) is 44.1 Å². The molecule has 0 amide bonds. The van der Waals surface area contributed by atoms with Crippen LogP contribution in [0.15, 0.2) is 48.2 Å². The van der Waals surface area contributed by atoms with Crippen molar-refractivity contribution in [2.24, 2.45) is 0 Å². The highest BCUT2D eigenvalue weighted by Crippen LogP contribution is 2.28. The molecule has 0 aromatic heterocycles. The van der Waals surface area contributed by atoms with Gasteiger partial charge in [0.05, 0.1) is 6.04 Å².